The Morgan fingerprint density at radius 1 is 0.886 bits per heavy atom. The lowest BCUT2D eigenvalue weighted by atomic mass is 10.1. The van der Waals surface area contributed by atoms with E-state index >= 15 is 0 Å². The second-order valence-corrected chi connectivity index (χ2v) is 11.0. The summed E-state index contributed by atoms with van der Waals surface area (Å²) < 4.78 is 33.5. The van der Waals surface area contributed by atoms with Crippen LogP contribution in [0.15, 0.2) is 64.4 Å². The van der Waals surface area contributed by atoms with Crippen LogP contribution < -0.4 is 10.2 Å². The summed E-state index contributed by atoms with van der Waals surface area (Å²) in [6.07, 6.45) is 9.11. The molecule has 2 saturated heterocycles. The summed E-state index contributed by atoms with van der Waals surface area (Å²) >= 11 is 0. The average molecular weight is 495 g/mol. The number of nitrogens with one attached hydrogen (secondary N) is 1. The summed E-state index contributed by atoms with van der Waals surface area (Å²) in [5, 5.41) is 2.99. The molecule has 3 heterocycles. The number of rotatable bonds is 6. The van der Waals surface area contributed by atoms with Gasteiger partial charge in [0.1, 0.15) is 0 Å². The summed E-state index contributed by atoms with van der Waals surface area (Å²) in [5.41, 5.74) is 2.67. The molecule has 2 aliphatic rings. The van der Waals surface area contributed by atoms with Crippen LogP contribution in [0.2, 0.25) is 0 Å². The van der Waals surface area contributed by atoms with Gasteiger partial charge in [0.2, 0.25) is 10.0 Å². The highest BCUT2D eigenvalue weighted by atomic mass is 32.2. The third-order valence-electron chi connectivity index (χ3n) is 6.73. The van der Waals surface area contributed by atoms with Crippen molar-refractivity contribution >= 4 is 27.3 Å². The van der Waals surface area contributed by atoms with Crippen molar-refractivity contribution in [3.63, 3.8) is 0 Å². The van der Waals surface area contributed by atoms with Crippen molar-refractivity contribution in [3.8, 4) is 11.3 Å². The van der Waals surface area contributed by atoms with Gasteiger partial charge in [-0.1, -0.05) is 18.6 Å². The number of amides is 1. The topological polar surface area (TPSA) is 95.8 Å². The summed E-state index contributed by atoms with van der Waals surface area (Å²) in [4.78, 5) is 19.6. The molecule has 0 spiro atoms. The maximum absolute atomic E-state index is 13.3. The third-order valence-corrected chi connectivity index (χ3v) is 8.62. The zero-order chi connectivity index (χ0) is 24.3. The average Bonchev–Trinajstić information content (AvgIpc) is 3.45. The highest BCUT2D eigenvalue weighted by molar-refractivity contribution is 7.89. The maximum atomic E-state index is 13.3. The van der Waals surface area contributed by atoms with Gasteiger partial charge in [0.15, 0.2) is 12.2 Å². The Kier molecular flexibility index (Phi) is 6.88. The smallest absolute Gasteiger partial charge is 0.255 e. The molecule has 5 rings (SSSR count). The van der Waals surface area contributed by atoms with Gasteiger partial charge in [0.05, 0.1) is 22.5 Å². The van der Waals surface area contributed by atoms with Crippen molar-refractivity contribution in [3.05, 3.63) is 60.6 Å². The lowest BCUT2D eigenvalue weighted by molar-refractivity contribution is 0.102. The third kappa shape index (κ3) is 5.11. The lowest BCUT2D eigenvalue weighted by Gasteiger charge is -2.31. The second kappa shape index (κ2) is 10.2. The highest BCUT2D eigenvalue weighted by Crippen LogP contribution is 2.33. The van der Waals surface area contributed by atoms with Crippen LogP contribution in [0, 0.1) is 0 Å². The number of benzene rings is 2. The van der Waals surface area contributed by atoms with E-state index in [4.69, 9.17) is 4.42 Å². The van der Waals surface area contributed by atoms with Crippen LogP contribution in [0.3, 0.4) is 0 Å². The molecule has 2 aromatic carbocycles. The first kappa shape index (κ1) is 23.6. The molecule has 1 aromatic heterocycles. The van der Waals surface area contributed by atoms with Crippen molar-refractivity contribution in [1.29, 1.82) is 0 Å². The predicted octanol–water partition coefficient (Wildman–Crippen LogP) is 4.76. The molecule has 184 valence electrons. The number of piperidine rings is 2. The van der Waals surface area contributed by atoms with E-state index < -0.39 is 10.0 Å². The van der Waals surface area contributed by atoms with Crippen molar-refractivity contribution < 1.29 is 17.6 Å². The zero-order valence-electron chi connectivity index (χ0n) is 19.7. The molecule has 8 nitrogen and oxygen atoms in total. The van der Waals surface area contributed by atoms with E-state index in [1.165, 1.54) is 12.8 Å². The summed E-state index contributed by atoms with van der Waals surface area (Å²) in [6.45, 7) is 2.84. The minimum Gasteiger partial charge on any atom is -0.444 e. The van der Waals surface area contributed by atoms with Gasteiger partial charge in [-0.2, -0.15) is 4.31 Å². The molecular formula is C26H30N4O4S. The number of nitrogens with zero attached hydrogens (tertiary/aromatic N) is 3. The van der Waals surface area contributed by atoms with Gasteiger partial charge in [-0.25, -0.2) is 13.4 Å². The van der Waals surface area contributed by atoms with E-state index in [1.807, 2.05) is 6.07 Å². The van der Waals surface area contributed by atoms with Gasteiger partial charge in [-0.15, -0.1) is 0 Å². The normalized spacial score (nSPS) is 17.3. The molecule has 0 atom stereocenters. The number of oxazole rings is 1. The van der Waals surface area contributed by atoms with Crippen LogP contribution >= 0.6 is 0 Å². The number of carbonyl (C=O) groups excluding carboxylic acids is 1. The van der Waals surface area contributed by atoms with Gasteiger partial charge in [0, 0.05) is 37.3 Å². The SMILES string of the molecule is O=C(Nc1cc(S(=O)(=O)N2CCCCC2)ccc1N1CCCCC1)c1ccc(-c2cnco2)cc1. The lowest BCUT2D eigenvalue weighted by Crippen LogP contribution is -2.35. The van der Waals surface area contributed by atoms with Crippen molar-refractivity contribution in [2.24, 2.45) is 0 Å². The molecular weight excluding hydrogens is 464 g/mol. The Morgan fingerprint density at radius 3 is 2.23 bits per heavy atom. The fourth-order valence-electron chi connectivity index (χ4n) is 4.78. The number of anilines is 2. The Morgan fingerprint density at radius 2 is 1.57 bits per heavy atom. The van der Waals surface area contributed by atoms with Crippen LogP contribution in [0.4, 0.5) is 11.4 Å². The van der Waals surface area contributed by atoms with Gasteiger partial charge < -0.3 is 14.6 Å². The highest BCUT2D eigenvalue weighted by Gasteiger charge is 2.27. The van der Waals surface area contributed by atoms with Crippen molar-refractivity contribution in [1.82, 2.24) is 9.29 Å². The molecule has 9 heteroatoms. The van der Waals surface area contributed by atoms with E-state index in [-0.39, 0.29) is 10.8 Å². The monoisotopic (exact) mass is 494 g/mol. The summed E-state index contributed by atoms with van der Waals surface area (Å²) in [6, 6.07) is 12.2. The first-order chi connectivity index (χ1) is 17.0. The predicted molar refractivity (Wildman–Crippen MR) is 135 cm³/mol. The molecule has 0 bridgehead atoms. The van der Waals surface area contributed by atoms with E-state index in [9.17, 15) is 13.2 Å². The van der Waals surface area contributed by atoms with Gasteiger partial charge in [0.25, 0.3) is 5.91 Å². The number of carbonyl (C=O) groups is 1. The number of aromatic nitrogens is 1. The fourth-order valence-corrected chi connectivity index (χ4v) is 6.32. The Balaban J connectivity index is 1.44. The maximum Gasteiger partial charge on any atom is 0.255 e. The minimum absolute atomic E-state index is 0.219. The molecule has 0 unspecified atom stereocenters. The largest absolute Gasteiger partial charge is 0.444 e. The summed E-state index contributed by atoms with van der Waals surface area (Å²) in [5.74, 6) is 0.333. The number of sulfonamides is 1. The van der Waals surface area contributed by atoms with Gasteiger partial charge in [-0.05, 0) is 62.4 Å². The number of hydrogen-bond donors (Lipinski definition) is 1. The van der Waals surface area contributed by atoms with Gasteiger partial charge in [-0.3, -0.25) is 4.79 Å². The first-order valence-corrected chi connectivity index (χ1v) is 13.7. The molecule has 0 radical (unpaired) electrons. The molecule has 1 amide bonds. The fraction of sp³-hybridized carbons (Fsp3) is 0.385. The second-order valence-electron chi connectivity index (χ2n) is 9.09. The Bertz CT molecular complexity index is 1260. The van der Waals surface area contributed by atoms with Crippen LogP contribution in [-0.2, 0) is 10.0 Å². The summed E-state index contributed by atoms with van der Waals surface area (Å²) in [7, 11) is -3.62. The van der Waals surface area contributed by atoms with Crippen molar-refractivity contribution in [2.75, 3.05) is 36.4 Å². The van der Waals surface area contributed by atoms with Crippen LogP contribution in [-0.4, -0.2) is 49.8 Å². The Hall–Kier alpha value is -3.17. The molecule has 3 aromatic rings. The minimum atomic E-state index is -3.62. The molecule has 0 saturated carbocycles. The first-order valence-electron chi connectivity index (χ1n) is 12.2. The molecule has 2 aliphatic heterocycles. The molecule has 1 N–H and O–H groups in total. The molecule has 0 aliphatic carbocycles. The quantitative estimate of drug-likeness (QED) is 0.531. The van der Waals surface area contributed by atoms with Crippen LogP contribution in [0.1, 0.15) is 48.9 Å². The van der Waals surface area contributed by atoms with E-state index in [2.05, 4.69) is 15.2 Å². The van der Waals surface area contributed by atoms with Gasteiger partial charge >= 0.3 is 0 Å². The molecule has 2 fully saturated rings. The van der Waals surface area contributed by atoms with Crippen LogP contribution in [0.5, 0.6) is 0 Å². The van der Waals surface area contributed by atoms with E-state index in [0.717, 1.165) is 56.4 Å². The number of hydrogen-bond acceptors (Lipinski definition) is 6. The molecule has 35 heavy (non-hydrogen) atoms. The standard InChI is InChI=1S/C26H30N4O4S/c31-26(21-9-7-20(8-10-21)25-18-27-19-34-25)28-23-17-22(35(32,33)30-15-5-2-6-16-30)11-12-24(23)29-13-3-1-4-14-29/h7-12,17-19H,1-6,13-16H2,(H,28,31). The zero-order valence-corrected chi connectivity index (χ0v) is 20.5. The Labute approximate surface area is 206 Å². The van der Waals surface area contributed by atoms with E-state index in [0.29, 0.717) is 30.1 Å². The van der Waals surface area contributed by atoms with Crippen LogP contribution in [0.25, 0.3) is 11.3 Å². The van der Waals surface area contributed by atoms with E-state index in [1.54, 1.807) is 46.9 Å². The van der Waals surface area contributed by atoms with Crippen molar-refractivity contribution in [2.45, 2.75) is 43.4 Å².